The molecule has 0 radical (unpaired) electrons. The van der Waals surface area contributed by atoms with E-state index in [2.05, 4.69) is 0 Å². The molecule has 0 bridgehead atoms. The maximum absolute atomic E-state index is 9.58. The Kier molecular flexibility index (Phi) is 3.22. The van der Waals surface area contributed by atoms with Crippen molar-refractivity contribution in [1.29, 1.82) is 0 Å². The van der Waals surface area contributed by atoms with E-state index in [1.165, 1.54) is 7.11 Å². The fourth-order valence-corrected chi connectivity index (χ4v) is 2.19. The number of methoxy groups -OCH3 is 1. The Labute approximate surface area is 94.1 Å². The molecule has 5 atom stereocenters. The van der Waals surface area contributed by atoms with Gasteiger partial charge in [0.05, 0.1) is 6.61 Å². The van der Waals surface area contributed by atoms with Crippen molar-refractivity contribution in [3.63, 3.8) is 0 Å². The standard InChI is InChI=1S/C10H18O6/c1-10(2)15-8-7(13-3)6(5(12)4-11)14-9(8)16-10/h5-9,11-12H,4H2,1-3H3/t5?,6-,7-,8-,9-/m1/s1. The molecule has 2 aliphatic heterocycles. The highest BCUT2D eigenvalue weighted by molar-refractivity contribution is 4.96. The average Bonchev–Trinajstić information content (AvgIpc) is 2.68. The van der Waals surface area contributed by atoms with Crippen LogP contribution in [0, 0.1) is 0 Å². The molecule has 0 amide bonds. The molecule has 2 N–H and O–H groups in total. The summed E-state index contributed by atoms with van der Waals surface area (Å²) in [6.07, 6.45) is -2.97. The number of ether oxygens (including phenoxy) is 4. The molecule has 6 heteroatoms. The van der Waals surface area contributed by atoms with E-state index in [1.807, 2.05) is 0 Å². The predicted molar refractivity (Wildman–Crippen MR) is 52.6 cm³/mol. The van der Waals surface area contributed by atoms with Crippen molar-refractivity contribution in [2.45, 2.75) is 50.3 Å². The predicted octanol–water partition coefficient (Wildman–Crippen LogP) is -0.769. The molecule has 0 aromatic heterocycles. The van der Waals surface area contributed by atoms with Crippen molar-refractivity contribution in [3.8, 4) is 0 Å². The molecule has 6 nitrogen and oxygen atoms in total. The number of aliphatic hydroxyl groups excluding tert-OH is 2. The van der Waals surface area contributed by atoms with Gasteiger partial charge < -0.3 is 29.2 Å². The van der Waals surface area contributed by atoms with E-state index in [1.54, 1.807) is 13.8 Å². The summed E-state index contributed by atoms with van der Waals surface area (Å²) in [6, 6.07) is 0. The van der Waals surface area contributed by atoms with Crippen LogP contribution in [0.25, 0.3) is 0 Å². The second-order valence-electron chi connectivity index (χ2n) is 4.52. The van der Waals surface area contributed by atoms with Gasteiger partial charge in [0.25, 0.3) is 0 Å². The molecule has 16 heavy (non-hydrogen) atoms. The summed E-state index contributed by atoms with van der Waals surface area (Å²) in [5.41, 5.74) is 0. The normalized spacial score (nSPS) is 43.3. The van der Waals surface area contributed by atoms with Gasteiger partial charge in [-0.05, 0) is 13.8 Å². The first kappa shape index (κ1) is 12.2. The third-order valence-corrected chi connectivity index (χ3v) is 2.87. The quantitative estimate of drug-likeness (QED) is 0.668. The molecular weight excluding hydrogens is 216 g/mol. The van der Waals surface area contributed by atoms with Crippen LogP contribution in [0.3, 0.4) is 0 Å². The maximum Gasteiger partial charge on any atom is 0.190 e. The Morgan fingerprint density at radius 1 is 1.38 bits per heavy atom. The van der Waals surface area contributed by atoms with Gasteiger partial charge in [-0.1, -0.05) is 0 Å². The molecule has 0 aromatic carbocycles. The van der Waals surface area contributed by atoms with Gasteiger partial charge in [-0.2, -0.15) is 0 Å². The zero-order chi connectivity index (χ0) is 11.9. The van der Waals surface area contributed by atoms with Crippen molar-refractivity contribution in [2.75, 3.05) is 13.7 Å². The zero-order valence-electron chi connectivity index (χ0n) is 9.62. The van der Waals surface area contributed by atoms with E-state index < -0.39 is 30.4 Å². The molecule has 1 unspecified atom stereocenters. The summed E-state index contributed by atoms with van der Waals surface area (Å²) >= 11 is 0. The fraction of sp³-hybridized carbons (Fsp3) is 1.00. The topological polar surface area (TPSA) is 77.4 Å². The maximum atomic E-state index is 9.58. The lowest BCUT2D eigenvalue weighted by Gasteiger charge is -2.26. The van der Waals surface area contributed by atoms with Crippen molar-refractivity contribution >= 4 is 0 Å². The monoisotopic (exact) mass is 234 g/mol. The van der Waals surface area contributed by atoms with Gasteiger partial charge in [0.2, 0.25) is 0 Å². The SMILES string of the molecule is CO[C@H]1[C@H]2OC(C)(C)O[C@H]2O[C@@H]1C(O)CO. The highest BCUT2D eigenvalue weighted by Crippen LogP contribution is 2.39. The molecule has 2 heterocycles. The van der Waals surface area contributed by atoms with E-state index in [4.69, 9.17) is 24.1 Å². The van der Waals surface area contributed by atoms with Crippen molar-refractivity contribution in [3.05, 3.63) is 0 Å². The molecule has 2 fully saturated rings. The van der Waals surface area contributed by atoms with Crippen LogP contribution in [-0.4, -0.2) is 60.4 Å². The summed E-state index contributed by atoms with van der Waals surface area (Å²) in [7, 11) is 1.52. The summed E-state index contributed by atoms with van der Waals surface area (Å²) in [6.45, 7) is 3.20. The molecule has 2 aliphatic rings. The van der Waals surface area contributed by atoms with Gasteiger partial charge in [-0.3, -0.25) is 0 Å². The Morgan fingerprint density at radius 2 is 2.06 bits per heavy atom. The molecule has 2 saturated heterocycles. The largest absolute Gasteiger partial charge is 0.394 e. The number of aliphatic hydroxyl groups is 2. The molecule has 0 saturated carbocycles. The van der Waals surface area contributed by atoms with Gasteiger partial charge in [0.15, 0.2) is 12.1 Å². The zero-order valence-corrected chi connectivity index (χ0v) is 9.62. The minimum atomic E-state index is -0.995. The third kappa shape index (κ3) is 1.97. The van der Waals surface area contributed by atoms with Crippen LogP contribution in [0.2, 0.25) is 0 Å². The van der Waals surface area contributed by atoms with E-state index >= 15 is 0 Å². The third-order valence-electron chi connectivity index (χ3n) is 2.87. The number of hydrogen-bond donors (Lipinski definition) is 2. The number of rotatable bonds is 3. The van der Waals surface area contributed by atoms with E-state index in [0.717, 1.165) is 0 Å². The second kappa shape index (κ2) is 4.21. The molecule has 0 aliphatic carbocycles. The van der Waals surface area contributed by atoms with E-state index in [0.29, 0.717) is 0 Å². The smallest absolute Gasteiger partial charge is 0.190 e. The van der Waals surface area contributed by atoms with Crippen LogP contribution in [0.5, 0.6) is 0 Å². The minimum absolute atomic E-state index is 0.369. The summed E-state index contributed by atoms with van der Waals surface area (Å²) in [5.74, 6) is -0.707. The first-order valence-corrected chi connectivity index (χ1v) is 5.31. The highest BCUT2D eigenvalue weighted by atomic mass is 16.8. The van der Waals surface area contributed by atoms with Crippen molar-refractivity contribution < 1.29 is 29.2 Å². The lowest BCUT2D eigenvalue weighted by Crippen LogP contribution is -2.43. The molecule has 0 spiro atoms. The first-order chi connectivity index (χ1) is 7.48. The molecular formula is C10H18O6. The van der Waals surface area contributed by atoms with Crippen molar-refractivity contribution in [2.24, 2.45) is 0 Å². The second-order valence-corrected chi connectivity index (χ2v) is 4.52. The summed E-state index contributed by atoms with van der Waals surface area (Å²) < 4.78 is 21.9. The Hall–Kier alpha value is -0.240. The van der Waals surface area contributed by atoms with Crippen molar-refractivity contribution in [1.82, 2.24) is 0 Å². The van der Waals surface area contributed by atoms with Gasteiger partial charge in [-0.15, -0.1) is 0 Å². The molecule has 2 rings (SSSR count). The number of hydrogen-bond acceptors (Lipinski definition) is 6. The summed E-state index contributed by atoms with van der Waals surface area (Å²) in [4.78, 5) is 0. The Balaban J connectivity index is 2.09. The lowest BCUT2D eigenvalue weighted by atomic mass is 10.1. The van der Waals surface area contributed by atoms with Crippen LogP contribution < -0.4 is 0 Å². The molecule has 0 aromatic rings. The van der Waals surface area contributed by atoms with Crippen LogP contribution in [0.1, 0.15) is 13.8 Å². The molecule has 94 valence electrons. The van der Waals surface area contributed by atoms with Gasteiger partial charge in [-0.25, -0.2) is 0 Å². The van der Waals surface area contributed by atoms with E-state index in [9.17, 15) is 5.11 Å². The van der Waals surface area contributed by atoms with Gasteiger partial charge >= 0.3 is 0 Å². The highest BCUT2D eigenvalue weighted by Gasteiger charge is 2.56. The van der Waals surface area contributed by atoms with Gasteiger partial charge in [0, 0.05) is 7.11 Å². The minimum Gasteiger partial charge on any atom is -0.394 e. The summed E-state index contributed by atoms with van der Waals surface area (Å²) in [5, 5.41) is 18.5. The average molecular weight is 234 g/mol. The van der Waals surface area contributed by atoms with Gasteiger partial charge in [0.1, 0.15) is 24.4 Å². The fourth-order valence-electron chi connectivity index (χ4n) is 2.19. The number of fused-ring (bicyclic) bond motifs is 1. The van der Waals surface area contributed by atoms with Crippen LogP contribution in [-0.2, 0) is 18.9 Å². The van der Waals surface area contributed by atoms with Crippen LogP contribution in [0.15, 0.2) is 0 Å². The van der Waals surface area contributed by atoms with E-state index in [-0.39, 0.29) is 12.7 Å². The van der Waals surface area contributed by atoms with Crippen LogP contribution in [0.4, 0.5) is 0 Å². The lowest BCUT2D eigenvalue weighted by molar-refractivity contribution is -0.229. The Bertz CT molecular complexity index is 256. The van der Waals surface area contributed by atoms with Crippen LogP contribution >= 0.6 is 0 Å². The first-order valence-electron chi connectivity index (χ1n) is 5.31. The Morgan fingerprint density at radius 3 is 2.62 bits per heavy atom.